The first kappa shape index (κ1) is 15.5. The molecule has 120 valence electrons. The lowest BCUT2D eigenvalue weighted by Gasteiger charge is -2.19. The Kier molecular flexibility index (Phi) is 4.08. The van der Waals surface area contributed by atoms with Gasteiger partial charge in [0.25, 0.3) is 10.9 Å². The van der Waals surface area contributed by atoms with E-state index in [0.717, 1.165) is 36.1 Å². The molecule has 0 bridgehead atoms. The van der Waals surface area contributed by atoms with Crippen molar-refractivity contribution < 1.29 is 14.3 Å². The fraction of sp³-hybridized carbons (Fsp3) is 0.267. The predicted octanol–water partition coefficient (Wildman–Crippen LogP) is 1.78. The summed E-state index contributed by atoms with van der Waals surface area (Å²) in [7, 11) is 0. The molecule has 2 aromatic carbocycles. The van der Waals surface area contributed by atoms with Gasteiger partial charge in [-0.3, -0.25) is 9.59 Å². The Morgan fingerprint density at radius 2 is 2.00 bits per heavy atom. The molecule has 1 atom stereocenters. The number of anilines is 3. The van der Waals surface area contributed by atoms with Crippen LogP contribution in [-0.4, -0.2) is 28.6 Å². The van der Waals surface area contributed by atoms with Gasteiger partial charge in [-0.1, -0.05) is 0 Å². The molecule has 0 aliphatic carbocycles. The summed E-state index contributed by atoms with van der Waals surface area (Å²) in [5, 5.41) is 14.7. The van der Waals surface area contributed by atoms with Crippen molar-refractivity contribution in [3.05, 3.63) is 50.0 Å². The van der Waals surface area contributed by atoms with E-state index >= 15 is 0 Å². The lowest BCUT2D eigenvalue weighted by molar-refractivity contribution is 0.0698. The maximum absolute atomic E-state index is 13.4. The molecular formula is C15H13FN2O4S. The molecule has 0 saturated carbocycles. The van der Waals surface area contributed by atoms with Crippen LogP contribution >= 0.6 is 11.8 Å². The van der Waals surface area contributed by atoms with Crippen LogP contribution in [0.4, 0.5) is 21.5 Å². The van der Waals surface area contributed by atoms with Crippen molar-refractivity contribution in [1.82, 2.24) is 0 Å². The summed E-state index contributed by atoms with van der Waals surface area (Å²) in [5.41, 5.74) is -1.49. The fourth-order valence-electron chi connectivity index (χ4n) is 2.44. The van der Waals surface area contributed by atoms with E-state index in [9.17, 15) is 18.8 Å². The van der Waals surface area contributed by atoms with Gasteiger partial charge in [0.15, 0.2) is 0 Å². The standard InChI is InChI=1S/C15H13FN2O4S/c16-7-1-2-9(15(21)22)10(5-7)18-12-11(13(19)14(12)20)17-8-3-4-23-6-8/h1-2,5,8,17-18H,3-4,6H2,(H,21,22)/t8-/m0/s1. The minimum absolute atomic E-state index is 0.0139. The Morgan fingerprint density at radius 3 is 2.65 bits per heavy atom. The van der Waals surface area contributed by atoms with Gasteiger partial charge in [0.05, 0.1) is 11.3 Å². The maximum Gasteiger partial charge on any atom is 0.337 e. The van der Waals surface area contributed by atoms with Gasteiger partial charge < -0.3 is 15.7 Å². The maximum atomic E-state index is 13.4. The number of thioether (sulfide) groups is 1. The fourth-order valence-corrected chi connectivity index (χ4v) is 3.59. The zero-order valence-electron chi connectivity index (χ0n) is 11.9. The lowest BCUT2D eigenvalue weighted by atomic mass is 10.1. The smallest absolute Gasteiger partial charge is 0.337 e. The van der Waals surface area contributed by atoms with Gasteiger partial charge in [-0.15, -0.1) is 0 Å². The summed E-state index contributed by atoms with van der Waals surface area (Å²) in [6.45, 7) is 0. The topological polar surface area (TPSA) is 95.5 Å². The van der Waals surface area contributed by atoms with Crippen LogP contribution < -0.4 is 21.5 Å². The molecule has 1 saturated heterocycles. The second-order valence-corrected chi connectivity index (χ2v) is 6.38. The quantitative estimate of drug-likeness (QED) is 0.716. The van der Waals surface area contributed by atoms with Crippen molar-refractivity contribution in [2.75, 3.05) is 22.1 Å². The molecule has 23 heavy (non-hydrogen) atoms. The van der Waals surface area contributed by atoms with Crippen molar-refractivity contribution in [2.24, 2.45) is 0 Å². The lowest BCUT2D eigenvalue weighted by Crippen LogP contribution is -2.39. The zero-order chi connectivity index (χ0) is 16.6. The minimum atomic E-state index is -1.26. The largest absolute Gasteiger partial charge is 0.478 e. The van der Waals surface area contributed by atoms with Gasteiger partial charge in [-0.2, -0.15) is 11.8 Å². The van der Waals surface area contributed by atoms with Gasteiger partial charge in [-0.05, 0) is 30.4 Å². The summed E-state index contributed by atoms with van der Waals surface area (Å²) >= 11 is 1.75. The average molecular weight is 336 g/mol. The van der Waals surface area contributed by atoms with Crippen molar-refractivity contribution in [1.29, 1.82) is 0 Å². The molecule has 1 fully saturated rings. The normalized spacial score (nSPS) is 17.3. The van der Waals surface area contributed by atoms with Gasteiger partial charge in [-0.25, -0.2) is 9.18 Å². The van der Waals surface area contributed by atoms with Crippen LogP contribution in [0, 0.1) is 5.82 Å². The Morgan fingerprint density at radius 1 is 1.26 bits per heavy atom. The molecular weight excluding hydrogens is 323 g/mol. The number of benzene rings is 1. The molecule has 1 aliphatic rings. The molecule has 0 aromatic heterocycles. The van der Waals surface area contributed by atoms with Crippen LogP contribution in [0.2, 0.25) is 0 Å². The van der Waals surface area contributed by atoms with E-state index in [4.69, 9.17) is 5.11 Å². The van der Waals surface area contributed by atoms with Gasteiger partial charge in [0.1, 0.15) is 17.2 Å². The Labute approximate surface area is 134 Å². The van der Waals surface area contributed by atoms with Crippen molar-refractivity contribution >= 4 is 34.8 Å². The van der Waals surface area contributed by atoms with Crippen molar-refractivity contribution in [3.8, 4) is 0 Å². The summed E-state index contributed by atoms with van der Waals surface area (Å²) in [4.78, 5) is 34.7. The van der Waals surface area contributed by atoms with E-state index in [0.29, 0.717) is 0 Å². The van der Waals surface area contributed by atoms with Gasteiger partial charge >= 0.3 is 5.97 Å². The van der Waals surface area contributed by atoms with Crippen LogP contribution in [0.5, 0.6) is 0 Å². The Balaban J connectivity index is 1.90. The number of rotatable bonds is 5. The van der Waals surface area contributed by atoms with Crippen LogP contribution in [0.3, 0.4) is 0 Å². The molecule has 0 amide bonds. The predicted molar refractivity (Wildman–Crippen MR) is 87.3 cm³/mol. The first-order valence-corrected chi connectivity index (χ1v) is 8.10. The summed E-state index contributed by atoms with van der Waals surface area (Å²) in [5.74, 6) is -0.0904. The highest BCUT2D eigenvalue weighted by atomic mass is 32.2. The second kappa shape index (κ2) is 6.04. The van der Waals surface area contributed by atoms with Crippen LogP contribution in [0.15, 0.2) is 27.8 Å². The first-order valence-electron chi connectivity index (χ1n) is 6.95. The molecule has 0 unspecified atom stereocenters. The molecule has 1 aliphatic heterocycles. The minimum Gasteiger partial charge on any atom is -0.478 e. The van der Waals surface area contributed by atoms with E-state index in [1.807, 2.05) is 0 Å². The van der Waals surface area contributed by atoms with E-state index in [1.165, 1.54) is 0 Å². The molecule has 0 radical (unpaired) electrons. The summed E-state index contributed by atoms with van der Waals surface area (Å²) in [6.07, 6.45) is 0.878. The van der Waals surface area contributed by atoms with E-state index in [2.05, 4.69) is 10.6 Å². The van der Waals surface area contributed by atoms with Crippen LogP contribution in [0.1, 0.15) is 16.8 Å². The SMILES string of the molecule is O=C(O)c1ccc(F)cc1Nc1c(N[C@H]2CCSC2)c(=O)c1=O. The monoisotopic (exact) mass is 336 g/mol. The van der Waals surface area contributed by atoms with Crippen molar-refractivity contribution in [2.45, 2.75) is 12.5 Å². The van der Waals surface area contributed by atoms with Crippen LogP contribution in [0.25, 0.3) is 0 Å². The molecule has 8 heteroatoms. The number of hydrogen-bond acceptors (Lipinski definition) is 6. The molecule has 6 nitrogen and oxygen atoms in total. The number of carboxylic acid groups (broad SMARTS) is 1. The Bertz CT molecular complexity index is 839. The first-order chi connectivity index (χ1) is 11.0. The number of carbonyl (C=O) groups is 1. The number of aromatic carboxylic acids is 1. The Hall–Kier alpha value is -2.35. The number of halogens is 1. The number of carboxylic acids is 1. The highest BCUT2D eigenvalue weighted by Gasteiger charge is 2.26. The van der Waals surface area contributed by atoms with E-state index < -0.39 is 22.6 Å². The molecule has 1 heterocycles. The highest BCUT2D eigenvalue weighted by Crippen LogP contribution is 2.27. The summed E-state index contributed by atoms with van der Waals surface area (Å²) < 4.78 is 13.4. The van der Waals surface area contributed by atoms with Crippen molar-refractivity contribution in [3.63, 3.8) is 0 Å². The number of nitrogens with one attached hydrogen (secondary N) is 2. The average Bonchev–Trinajstić information content (AvgIpc) is 3.03. The van der Waals surface area contributed by atoms with Crippen LogP contribution in [-0.2, 0) is 0 Å². The van der Waals surface area contributed by atoms with E-state index in [1.54, 1.807) is 11.8 Å². The number of hydrogen-bond donors (Lipinski definition) is 3. The third-order valence-electron chi connectivity index (χ3n) is 3.66. The third kappa shape index (κ3) is 2.94. The highest BCUT2D eigenvalue weighted by molar-refractivity contribution is 7.99. The summed E-state index contributed by atoms with van der Waals surface area (Å²) in [6, 6.07) is 3.20. The molecule has 0 spiro atoms. The zero-order valence-corrected chi connectivity index (χ0v) is 12.7. The molecule has 2 aromatic rings. The van der Waals surface area contributed by atoms with Gasteiger partial charge in [0.2, 0.25) is 0 Å². The molecule has 3 N–H and O–H groups in total. The van der Waals surface area contributed by atoms with E-state index in [-0.39, 0.29) is 28.7 Å². The third-order valence-corrected chi connectivity index (χ3v) is 4.82. The second-order valence-electron chi connectivity index (χ2n) is 5.23. The van der Waals surface area contributed by atoms with Gasteiger partial charge in [0, 0.05) is 11.8 Å². The molecule has 3 rings (SSSR count).